The second kappa shape index (κ2) is 7.49. The minimum absolute atomic E-state index is 0.380. The van der Waals surface area contributed by atoms with Crippen LogP contribution >= 0.6 is 0 Å². The summed E-state index contributed by atoms with van der Waals surface area (Å²) in [5.41, 5.74) is 2.10. The van der Waals surface area contributed by atoms with Crippen molar-refractivity contribution in [1.29, 1.82) is 0 Å². The number of rotatable bonds is 6. The Hall–Kier alpha value is -2.75. The summed E-state index contributed by atoms with van der Waals surface area (Å²) in [4.78, 5) is 12.4. The maximum atomic E-state index is 12.4. The van der Waals surface area contributed by atoms with Gasteiger partial charge in [0.05, 0.1) is 14.2 Å². The van der Waals surface area contributed by atoms with Crippen LogP contribution in [0.1, 0.15) is 34.5 Å². The molecule has 0 N–H and O–H groups in total. The van der Waals surface area contributed by atoms with E-state index in [-0.39, 0.29) is 6.10 Å². The molecule has 4 nitrogen and oxygen atoms in total. The van der Waals surface area contributed by atoms with Crippen molar-refractivity contribution in [2.45, 2.75) is 13.0 Å². The lowest BCUT2D eigenvalue weighted by Crippen LogP contribution is -2.10. The second-order valence-corrected chi connectivity index (χ2v) is 4.98. The predicted octanol–water partition coefficient (Wildman–Crippen LogP) is 4.26. The van der Waals surface area contributed by atoms with Gasteiger partial charge in [-0.05, 0) is 42.3 Å². The first-order valence-corrected chi connectivity index (χ1v) is 7.24. The average Bonchev–Trinajstić information content (AvgIpc) is 2.61. The molecule has 2 aromatic carbocycles. The Kier molecular flexibility index (Phi) is 5.41. The molecule has 0 radical (unpaired) electrons. The molecule has 0 aliphatic heterocycles. The summed E-state index contributed by atoms with van der Waals surface area (Å²) in [5.74, 6) is 0.795. The molecule has 0 saturated heterocycles. The largest absolute Gasteiger partial charge is 0.497 e. The summed E-state index contributed by atoms with van der Waals surface area (Å²) in [5, 5.41) is 0. The predicted molar refractivity (Wildman–Crippen MR) is 89.9 cm³/mol. The lowest BCUT2D eigenvalue weighted by Gasteiger charge is -2.15. The van der Waals surface area contributed by atoms with Crippen LogP contribution in [0.5, 0.6) is 11.5 Å². The highest BCUT2D eigenvalue weighted by Gasteiger charge is 2.18. The Balaban J connectivity index is 2.18. The van der Waals surface area contributed by atoms with E-state index in [0.29, 0.717) is 11.3 Å². The van der Waals surface area contributed by atoms with Gasteiger partial charge in [-0.1, -0.05) is 30.9 Å². The summed E-state index contributed by atoms with van der Waals surface area (Å²) >= 11 is 0. The summed E-state index contributed by atoms with van der Waals surface area (Å²) < 4.78 is 15.9. The van der Waals surface area contributed by atoms with Gasteiger partial charge in [-0.15, -0.1) is 0 Å². The first-order chi connectivity index (χ1) is 11.1. The molecule has 4 heteroatoms. The SMILES string of the molecule is C=Cc1ccc(OC)c(C(=O)OC(C)c2ccc(OC)cc2)c1. The molecule has 0 heterocycles. The van der Waals surface area contributed by atoms with Crippen LogP contribution in [0.4, 0.5) is 0 Å². The lowest BCUT2D eigenvalue weighted by atomic mass is 10.1. The molecule has 0 aromatic heterocycles. The van der Waals surface area contributed by atoms with Gasteiger partial charge in [0.25, 0.3) is 0 Å². The summed E-state index contributed by atoms with van der Waals surface area (Å²) in [6.07, 6.45) is 1.29. The zero-order chi connectivity index (χ0) is 16.8. The first-order valence-electron chi connectivity index (χ1n) is 7.24. The highest BCUT2D eigenvalue weighted by molar-refractivity contribution is 5.93. The number of methoxy groups -OCH3 is 2. The standard InChI is InChI=1S/C19H20O4/c1-5-14-6-11-18(22-4)17(12-14)19(20)23-13(2)15-7-9-16(21-3)10-8-15/h5-13H,1H2,2-4H3. The van der Waals surface area contributed by atoms with Crippen molar-refractivity contribution in [3.63, 3.8) is 0 Å². The highest BCUT2D eigenvalue weighted by atomic mass is 16.5. The van der Waals surface area contributed by atoms with E-state index >= 15 is 0 Å². The van der Waals surface area contributed by atoms with E-state index in [4.69, 9.17) is 14.2 Å². The van der Waals surface area contributed by atoms with Crippen molar-refractivity contribution in [1.82, 2.24) is 0 Å². The van der Waals surface area contributed by atoms with Gasteiger partial charge >= 0.3 is 5.97 Å². The van der Waals surface area contributed by atoms with Crippen molar-refractivity contribution < 1.29 is 19.0 Å². The van der Waals surface area contributed by atoms with E-state index < -0.39 is 5.97 Å². The lowest BCUT2D eigenvalue weighted by molar-refractivity contribution is 0.0334. The highest BCUT2D eigenvalue weighted by Crippen LogP contribution is 2.25. The fourth-order valence-corrected chi connectivity index (χ4v) is 2.18. The number of carbonyl (C=O) groups excluding carboxylic acids is 1. The van der Waals surface area contributed by atoms with Crippen molar-refractivity contribution in [2.75, 3.05) is 14.2 Å². The van der Waals surface area contributed by atoms with Gasteiger partial charge in [0, 0.05) is 0 Å². The maximum absolute atomic E-state index is 12.4. The smallest absolute Gasteiger partial charge is 0.342 e. The number of benzene rings is 2. The normalized spacial score (nSPS) is 11.4. The molecule has 1 unspecified atom stereocenters. The van der Waals surface area contributed by atoms with Crippen molar-refractivity contribution in [3.8, 4) is 11.5 Å². The third-order valence-electron chi connectivity index (χ3n) is 3.55. The molecule has 0 aliphatic rings. The topological polar surface area (TPSA) is 44.8 Å². The van der Waals surface area contributed by atoms with Crippen molar-refractivity contribution >= 4 is 12.0 Å². The van der Waals surface area contributed by atoms with E-state index in [9.17, 15) is 4.79 Å². The molecule has 0 aliphatic carbocycles. The molecule has 0 bridgehead atoms. The van der Waals surface area contributed by atoms with Crippen molar-refractivity contribution in [2.24, 2.45) is 0 Å². The van der Waals surface area contributed by atoms with Crippen molar-refractivity contribution in [3.05, 3.63) is 65.7 Å². The fraction of sp³-hybridized carbons (Fsp3) is 0.211. The molecule has 2 rings (SSSR count). The zero-order valence-electron chi connectivity index (χ0n) is 13.5. The van der Waals surface area contributed by atoms with Crippen LogP contribution < -0.4 is 9.47 Å². The number of hydrogen-bond acceptors (Lipinski definition) is 4. The third-order valence-corrected chi connectivity index (χ3v) is 3.55. The monoisotopic (exact) mass is 312 g/mol. The molecule has 1 atom stereocenters. The quantitative estimate of drug-likeness (QED) is 0.747. The maximum Gasteiger partial charge on any atom is 0.342 e. The van der Waals surface area contributed by atoms with Gasteiger partial charge in [-0.3, -0.25) is 0 Å². The molecule has 2 aromatic rings. The van der Waals surface area contributed by atoms with E-state index in [1.54, 1.807) is 25.3 Å². The van der Waals surface area contributed by atoms with Crippen LogP contribution in [0, 0.1) is 0 Å². The van der Waals surface area contributed by atoms with Gasteiger partial charge in [0.1, 0.15) is 23.2 Å². The number of hydrogen-bond donors (Lipinski definition) is 0. The van der Waals surface area contributed by atoms with Crippen LogP contribution in [-0.2, 0) is 4.74 Å². The van der Waals surface area contributed by atoms with Gasteiger partial charge in [-0.25, -0.2) is 4.79 Å². The molecule has 120 valence electrons. The first kappa shape index (κ1) is 16.6. The molecule has 0 fully saturated rings. The molecule has 0 saturated carbocycles. The van der Waals surface area contributed by atoms with Gasteiger partial charge in [0.15, 0.2) is 0 Å². The summed E-state index contributed by atoms with van der Waals surface area (Å²) in [6.45, 7) is 5.53. The van der Waals surface area contributed by atoms with Crippen LogP contribution in [0.15, 0.2) is 49.0 Å². The Morgan fingerprint density at radius 1 is 1.09 bits per heavy atom. The van der Waals surface area contributed by atoms with Crippen LogP contribution in [0.25, 0.3) is 6.08 Å². The van der Waals surface area contributed by atoms with Crippen LogP contribution in [0.2, 0.25) is 0 Å². The van der Waals surface area contributed by atoms with Gasteiger partial charge in [-0.2, -0.15) is 0 Å². The van der Waals surface area contributed by atoms with E-state index in [0.717, 1.165) is 16.9 Å². The molecule has 23 heavy (non-hydrogen) atoms. The number of esters is 1. The van der Waals surface area contributed by atoms with E-state index in [2.05, 4.69) is 6.58 Å². The van der Waals surface area contributed by atoms with E-state index in [1.165, 1.54) is 7.11 Å². The number of carbonyl (C=O) groups is 1. The fourth-order valence-electron chi connectivity index (χ4n) is 2.18. The molecule has 0 spiro atoms. The third kappa shape index (κ3) is 3.92. The molecular weight excluding hydrogens is 292 g/mol. The van der Waals surface area contributed by atoms with Gasteiger partial charge < -0.3 is 14.2 Å². The Bertz CT molecular complexity index is 689. The Morgan fingerprint density at radius 3 is 2.35 bits per heavy atom. The van der Waals surface area contributed by atoms with E-state index in [1.807, 2.05) is 37.3 Å². The Morgan fingerprint density at radius 2 is 1.78 bits per heavy atom. The minimum atomic E-state index is -0.436. The van der Waals surface area contributed by atoms with Crippen LogP contribution in [0.3, 0.4) is 0 Å². The minimum Gasteiger partial charge on any atom is -0.497 e. The summed E-state index contributed by atoms with van der Waals surface area (Å²) in [7, 11) is 3.13. The average molecular weight is 312 g/mol. The number of ether oxygens (including phenoxy) is 3. The summed E-state index contributed by atoms with van der Waals surface area (Å²) in [6, 6.07) is 12.7. The Labute approximate surface area is 136 Å². The van der Waals surface area contributed by atoms with Crippen LogP contribution in [-0.4, -0.2) is 20.2 Å². The molecular formula is C19H20O4. The van der Waals surface area contributed by atoms with Gasteiger partial charge in [0.2, 0.25) is 0 Å². The zero-order valence-corrected chi connectivity index (χ0v) is 13.5. The molecule has 0 amide bonds. The second-order valence-electron chi connectivity index (χ2n) is 4.98.